The molecule has 8 nitrogen and oxygen atoms in total. The van der Waals surface area contributed by atoms with E-state index >= 15 is 0 Å². The van der Waals surface area contributed by atoms with Gasteiger partial charge in [0.1, 0.15) is 12.3 Å². The predicted octanol–water partition coefficient (Wildman–Crippen LogP) is 2.91. The number of carbonyl (C=O) groups excluding carboxylic acids is 2. The Bertz CT molecular complexity index is 1110. The summed E-state index contributed by atoms with van der Waals surface area (Å²) in [7, 11) is 0. The fraction of sp³-hybridized carbons (Fsp3) is 0.182. The lowest BCUT2D eigenvalue weighted by atomic mass is 10.1. The summed E-state index contributed by atoms with van der Waals surface area (Å²) in [6, 6.07) is 15.4. The zero-order valence-corrected chi connectivity index (χ0v) is 16.7. The van der Waals surface area contributed by atoms with Gasteiger partial charge >= 0.3 is 0 Å². The van der Waals surface area contributed by atoms with Crippen molar-refractivity contribution in [3.05, 3.63) is 71.3 Å². The van der Waals surface area contributed by atoms with Gasteiger partial charge in [-0.15, -0.1) is 0 Å². The summed E-state index contributed by atoms with van der Waals surface area (Å²) >= 11 is 0. The van der Waals surface area contributed by atoms with Gasteiger partial charge < -0.3 is 15.4 Å². The fourth-order valence-electron chi connectivity index (χ4n) is 2.82. The highest BCUT2D eigenvalue weighted by molar-refractivity contribution is 5.93. The molecule has 0 aliphatic rings. The molecule has 1 aromatic heterocycles. The van der Waals surface area contributed by atoms with Crippen LogP contribution in [0.2, 0.25) is 0 Å². The molecule has 0 radical (unpaired) electrons. The molecule has 0 fully saturated rings. The molecule has 8 heteroatoms. The van der Waals surface area contributed by atoms with Crippen LogP contribution in [0.25, 0.3) is 11.3 Å². The number of ether oxygens (including phenoxy) is 1. The lowest BCUT2D eigenvalue weighted by Gasteiger charge is -2.10. The van der Waals surface area contributed by atoms with Crippen molar-refractivity contribution in [2.45, 2.75) is 20.4 Å². The van der Waals surface area contributed by atoms with Gasteiger partial charge in [0.05, 0.1) is 18.6 Å². The van der Waals surface area contributed by atoms with E-state index in [9.17, 15) is 14.4 Å². The summed E-state index contributed by atoms with van der Waals surface area (Å²) in [5.74, 6) is 0.158. The highest BCUT2D eigenvalue weighted by Crippen LogP contribution is 2.19. The van der Waals surface area contributed by atoms with E-state index in [0.29, 0.717) is 23.7 Å². The molecule has 0 saturated heterocycles. The van der Waals surface area contributed by atoms with Gasteiger partial charge in [-0.05, 0) is 49.4 Å². The van der Waals surface area contributed by atoms with Crippen LogP contribution in [0.5, 0.6) is 5.75 Å². The minimum atomic E-state index is -0.382. The van der Waals surface area contributed by atoms with Gasteiger partial charge in [-0.2, -0.15) is 0 Å². The van der Waals surface area contributed by atoms with Crippen LogP contribution in [0.15, 0.2) is 65.7 Å². The Hall–Kier alpha value is -3.94. The van der Waals surface area contributed by atoms with Gasteiger partial charge in [-0.3, -0.25) is 19.0 Å². The van der Waals surface area contributed by atoms with E-state index in [2.05, 4.69) is 15.6 Å². The first-order valence-electron chi connectivity index (χ1n) is 9.42. The van der Waals surface area contributed by atoms with E-state index in [1.165, 1.54) is 23.9 Å². The Labute approximate surface area is 173 Å². The third kappa shape index (κ3) is 5.54. The summed E-state index contributed by atoms with van der Waals surface area (Å²) in [6.45, 7) is 3.71. The van der Waals surface area contributed by atoms with Crippen molar-refractivity contribution in [3.8, 4) is 17.0 Å². The molecule has 0 aliphatic heterocycles. The predicted molar refractivity (Wildman–Crippen MR) is 114 cm³/mol. The van der Waals surface area contributed by atoms with Crippen molar-refractivity contribution in [2.75, 3.05) is 17.2 Å². The molecular weight excluding hydrogens is 384 g/mol. The maximum absolute atomic E-state index is 12.4. The van der Waals surface area contributed by atoms with Gasteiger partial charge in [0, 0.05) is 29.9 Å². The summed E-state index contributed by atoms with van der Waals surface area (Å²) < 4.78 is 6.63. The number of aromatic nitrogens is 2. The van der Waals surface area contributed by atoms with E-state index in [0.717, 1.165) is 11.3 Å². The zero-order valence-electron chi connectivity index (χ0n) is 16.7. The molecule has 0 aliphatic carbocycles. The Kier molecular flexibility index (Phi) is 6.59. The van der Waals surface area contributed by atoms with Crippen LogP contribution < -0.4 is 20.9 Å². The van der Waals surface area contributed by atoms with Crippen molar-refractivity contribution in [1.29, 1.82) is 0 Å². The Morgan fingerprint density at radius 1 is 1.03 bits per heavy atom. The second-order valence-electron chi connectivity index (χ2n) is 6.51. The molecule has 0 spiro atoms. The van der Waals surface area contributed by atoms with Gasteiger partial charge in [-0.1, -0.05) is 6.07 Å². The average molecular weight is 406 g/mol. The first-order chi connectivity index (χ1) is 14.4. The number of amides is 2. The van der Waals surface area contributed by atoms with Crippen LogP contribution in [0, 0.1) is 0 Å². The van der Waals surface area contributed by atoms with E-state index in [1.54, 1.807) is 24.3 Å². The largest absolute Gasteiger partial charge is 0.494 e. The first kappa shape index (κ1) is 20.8. The Morgan fingerprint density at radius 2 is 1.73 bits per heavy atom. The Morgan fingerprint density at radius 3 is 2.37 bits per heavy atom. The molecule has 2 N–H and O–H groups in total. The molecule has 2 aromatic carbocycles. The standard InChI is InChI=1S/C22H22N4O4/c1-3-30-19-9-7-16(8-10-19)20-12-22(29)26(14-23-20)13-21(28)25-18-6-4-5-17(11-18)24-15(2)27/h4-12,14H,3,13H2,1-2H3,(H,24,27)(H,25,28). The number of hydrogen-bond acceptors (Lipinski definition) is 5. The van der Waals surface area contributed by atoms with Crippen LogP contribution in [0.3, 0.4) is 0 Å². The van der Waals surface area contributed by atoms with Crippen LogP contribution in [-0.4, -0.2) is 28.0 Å². The van der Waals surface area contributed by atoms with Crippen molar-refractivity contribution >= 4 is 23.2 Å². The average Bonchev–Trinajstić information content (AvgIpc) is 2.70. The molecule has 0 atom stereocenters. The topological polar surface area (TPSA) is 102 Å². The summed E-state index contributed by atoms with van der Waals surface area (Å²) in [5, 5.41) is 5.35. The molecule has 0 saturated carbocycles. The van der Waals surface area contributed by atoms with Crippen LogP contribution in [-0.2, 0) is 16.1 Å². The van der Waals surface area contributed by atoms with Crippen LogP contribution >= 0.6 is 0 Å². The van der Waals surface area contributed by atoms with Gasteiger partial charge in [0.2, 0.25) is 11.8 Å². The molecule has 2 amide bonds. The van der Waals surface area contributed by atoms with Crippen molar-refractivity contribution in [2.24, 2.45) is 0 Å². The lowest BCUT2D eigenvalue weighted by molar-refractivity contribution is -0.117. The van der Waals surface area contributed by atoms with Gasteiger partial charge in [0.25, 0.3) is 5.56 Å². The number of anilines is 2. The number of nitrogens with zero attached hydrogens (tertiary/aromatic N) is 2. The maximum Gasteiger partial charge on any atom is 0.254 e. The molecule has 3 aromatic rings. The normalized spacial score (nSPS) is 10.3. The lowest BCUT2D eigenvalue weighted by Crippen LogP contribution is -2.27. The molecule has 0 bridgehead atoms. The molecular formula is C22H22N4O4. The summed E-state index contributed by atoms with van der Waals surface area (Å²) in [4.78, 5) is 40.2. The monoisotopic (exact) mass is 406 g/mol. The summed E-state index contributed by atoms with van der Waals surface area (Å²) in [6.07, 6.45) is 1.35. The van der Waals surface area contributed by atoms with Crippen LogP contribution in [0.4, 0.5) is 11.4 Å². The van der Waals surface area contributed by atoms with Crippen molar-refractivity contribution in [3.63, 3.8) is 0 Å². The van der Waals surface area contributed by atoms with Gasteiger partial charge in [0.15, 0.2) is 0 Å². The molecule has 30 heavy (non-hydrogen) atoms. The highest BCUT2D eigenvalue weighted by Gasteiger charge is 2.08. The maximum atomic E-state index is 12.4. The Balaban J connectivity index is 1.67. The van der Waals surface area contributed by atoms with E-state index in [4.69, 9.17) is 4.74 Å². The third-order valence-corrected chi connectivity index (χ3v) is 4.12. The van der Waals surface area contributed by atoms with E-state index in [-0.39, 0.29) is 23.9 Å². The van der Waals surface area contributed by atoms with E-state index < -0.39 is 0 Å². The molecule has 1 heterocycles. The van der Waals surface area contributed by atoms with Crippen molar-refractivity contribution < 1.29 is 14.3 Å². The number of rotatable bonds is 7. The summed E-state index contributed by atoms with van der Waals surface area (Å²) in [5.41, 5.74) is 2.04. The minimum absolute atomic E-state index is 0.181. The number of carbonyl (C=O) groups is 2. The van der Waals surface area contributed by atoms with Crippen LogP contribution in [0.1, 0.15) is 13.8 Å². The fourth-order valence-corrected chi connectivity index (χ4v) is 2.82. The second kappa shape index (κ2) is 9.51. The molecule has 3 rings (SSSR count). The number of hydrogen-bond donors (Lipinski definition) is 2. The van der Waals surface area contributed by atoms with E-state index in [1.807, 2.05) is 31.2 Å². The third-order valence-electron chi connectivity index (χ3n) is 4.12. The highest BCUT2D eigenvalue weighted by atomic mass is 16.5. The quantitative estimate of drug-likeness (QED) is 0.628. The zero-order chi connectivity index (χ0) is 21.5. The SMILES string of the molecule is CCOc1ccc(-c2cc(=O)n(CC(=O)Nc3cccc(NC(C)=O)c3)cn2)cc1. The minimum Gasteiger partial charge on any atom is -0.494 e. The second-order valence-corrected chi connectivity index (χ2v) is 6.51. The molecule has 154 valence electrons. The smallest absolute Gasteiger partial charge is 0.254 e. The number of nitrogens with one attached hydrogen (secondary N) is 2. The van der Waals surface area contributed by atoms with Crippen molar-refractivity contribution in [1.82, 2.24) is 9.55 Å². The number of benzene rings is 2. The first-order valence-corrected chi connectivity index (χ1v) is 9.42. The van der Waals surface area contributed by atoms with Gasteiger partial charge in [-0.25, -0.2) is 4.98 Å². The molecule has 0 unspecified atom stereocenters.